The molecule has 2 heterocycles. The number of hydrogen-bond acceptors (Lipinski definition) is 14. The van der Waals surface area contributed by atoms with Gasteiger partial charge in [-0.05, 0) is 69.1 Å². The van der Waals surface area contributed by atoms with Crippen molar-refractivity contribution < 1.29 is 82.4 Å². The predicted octanol–water partition coefficient (Wildman–Crippen LogP) is 5.83. The van der Waals surface area contributed by atoms with Crippen molar-refractivity contribution in [1.82, 2.24) is 9.80 Å². The number of nitrogens with zero attached hydrogens (tertiary/aromatic N) is 2. The van der Waals surface area contributed by atoms with Crippen molar-refractivity contribution in [2.24, 2.45) is 17.8 Å². The number of hydrogen-bond donors (Lipinski definition) is 4. The molecule has 1 aromatic carbocycles. The first-order valence-electron chi connectivity index (χ1n) is 21.6. The molecule has 2 fully saturated rings. The maximum atomic E-state index is 11.6. The molecule has 2 aliphatic heterocycles. The quantitative estimate of drug-likeness (QED) is 0.0549. The first-order chi connectivity index (χ1) is 29.7. The molecule has 1 aromatic rings. The third-order valence-electron chi connectivity index (χ3n) is 10.1. The second-order valence-corrected chi connectivity index (χ2v) is 18.8. The van der Waals surface area contributed by atoms with Crippen molar-refractivity contribution in [3.8, 4) is 0 Å². The Bertz CT molecular complexity index is 1750. The number of rotatable bonds is 19. The molecule has 0 aromatic heterocycles. The number of carbonyl (C=O) groups is 4. The average Bonchev–Trinajstić information content (AvgIpc) is 3.70. The van der Waals surface area contributed by atoms with Gasteiger partial charge in [-0.3, -0.25) is 32.8 Å². The Balaban J connectivity index is 0. The highest BCUT2D eigenvalue weighted by Crippen LogP contribution is 2.35. The van der Waals surface area contributed by atoms with Crippen LogP contribution < -0.4 is 0 Å². The fourth-order valence-corrected chi connectivity index (χ4v) is 6.10. The Labute approximate surface area is 381 Å². The molecule has 0 aliphatic carbocycles. The highest BCUT2D eigenvalue weighted by Gasteiger charge is 2.24. The van der Waals surface area contributed by atoms with E-state index in [1.165, 1.54) is 12.1 Å². The van der Waals surface area contributed by atoms with Crippen LogP contribution in [0.4, 0.5) is 0 Å². The van der Waals surface area contributed by atoms with E-state index in [1.807, 2.05) is 37.5 Å². The Morgan fingerprint density at radius 1 is 0.719 bits per heavy atom. The van der Waals surface area contributed by atoms with Gasteiger partial charge in [0.2, 0.25) is 11.8 Å². The summed E-state index contributed by atoms with van der Waals surface area (Å²) in [5.41, 5.74) is 1.08. The van der Waals surface area contributed by atoms with Gasteiger partial charge in [0.15, 0.2) is 0 Å². The van der Waals surface area contributed by atoms with Gasteiger partial charge in [0.05, 0.1) is 36.6 Å². The second-order valence-electron chi connectivity index (χ2n) is 15.1. The van der Waals surface area contributed by atoms with E-state index in [2.05, 4.69) is 45.9 Å². The van der Waals surface area contributed by atoms with Crippen molar-refractivity contribution in [2.75, 3.05) is 59.3 Å². The van der Waals surface area contributed by atoms with E-state index < -0.39 is 34.3 Å². The normalized spacial score (nSPS) is 16.3. The highest BCUT2D eigenvalue weighted by atomic mass is 32.3. The van der Waals surface area contributed by atoms with Crippen LogP contribution >= 0.6 is 7.82 Å². The number of esters is 2. The molecule has 2 aliphatic rings. The summed E-state index contributed by atoms with van der Waals surface area (Å²) >= 11 is 0. The average molecular weight is 979 g/mol. The van der Waals surface area contributed by atoms with Crippen LogP contribution in [0.15, 0.2) is 29.2 Å². The van der Waals surface area contributed by atoms with E-state index >= 15 is 0 Å². The lowest BCUT2D eigenvalue weighted by molar-refractivity contribution is -0.149. The van der Waals surface area contributed by atoms with E-state index in [4.69, 9.17) is 23.6 Å². The summed E-state index contributed by atoms with van der Waals surface area (Å²) in [6.45, 7) is 22.4. The van der Waals surface area contributed by atoms with Crippen LogP contribution in [-0.4, -0.2) is 135 Å². The van der Waals surface area contributed by atoms with Crippen LogP contribution in [0, 0.1) is 17.8 Å². The van der Waals surface area contributed by atoms with Crippen molar-refractivity contribution in [3.63, 3.8) is 0 Å². The number of benzene rings is 1. The van der Waals surface area contributed by atoms with Gasteiger partial charge in [-0.25, -0.2) is 8.75 Å². The van der Waals surface area contributed by atoms with Gasteiger partial charge in [-0.15, -0.1) is 0 Å². The minimum Gasteiger partial charge on any atom is -0.463 e. The first-order valence-corrected chi connectivity index (χ1v) is 25.9. The molecule has 5 unspecified atom stereocenters. The standard InChI is InChI=1S/C10H14O3S.C9H17NO2.C8H15NO.C7H15O6P.C7H14O6S/c1-3-8(2)9-4-6-10(7-5-9)14(11,12)13;1-3-8(2)9(11)10-4-6-12-7-5-10;1-3-7(2)9-6-4-5-8(9)10;2*1-3-6(2)7(8)12-4-5-13-14(9,10)11/h4-8H,3H2,1-2H3,(H,11,12,13);8H,3-7H2,1-2H3;7H,3-6H2,1-2H3;6H,3-5H2,1-2H3,(H2,9,10,11);6H,3-5H2,1-2H3,(H,9,10,11). The van der Waals surface area contributed by atoms with E-state index in [-0.39, 0.29) is 61.0 Å². The van der Waals surface area contributed by atoms with Crippen LogP contribution in [0.1, 0.15) is 126 Å². The topological polar surface area (TPSA) is 287 Å². The summed E-state index contributed by atoms with van der Waals surface area (Å²) in [5, 5.41) is 0. The van der Waals surface area contributed by atoms with Crippen LogP contribution in [0.5, 0.6) is 0 Å². The van der Waals surface area contributed by atoms with Crippen molar-refractivity contribution in [1.29, 1.82) is 0 Å². The lowest BCUT2D eigenvalue weighted by Gasteiger charge is -2.28. The van der Waals surface area contributed by atoms with Gasteiger partial charge in [0, 0.05) is 38.0 Å². The lowest BCUT2D eigenvalue weighted by Crippen LogP contribution is -2.43. The van der Waals surface area contributed by atoms with Gasteiger partial charge in [-0.2, -0.15) is 16.8 Å². The molecule has 2 amide bonds. The fourth-order valence-electron chi connectivity index (χ4n) is 5.03. The van der Waals surface area contributed by atoms with Gasteiger partial charge in [-0.1, -0.05) is 74.4 Å². The molecule has 23 heteroatoms. The maximum Gasteiger partial charge on any atom is 0.469 e. The molecule has 5 atom stereocenters. The number of amides is 2. The minimum absolute atomic E-state index is 0.0513. The zero-order valence-corrected chi connectivity index (χ0v) is 41.7. The van der Waals surface area contributed by atoms with E-state index in [0.717, 1.165) is 57.3 Å². The van der Waals surface area contributed by atoms with E-state index in [0.29, 0.717) is 43.9 Å². The summed E-state index contributed by atoms with van der Waals surface area (Å²) in [6.07, 6.45) is 6.15. The molecular weight excluding hydrogens is 904 g/mol. The predicted molar refractivity (Wildman–Crippen MR) is 239 cm³/mol. The molecule has 0 bridgehead atoms. The van der Waals surface area contributed by atoms with Gasteiger partial charge in [0.1, 0.15) is 19.8 Å². The number of phosphoric acid groups is 1. The number of morpholine rings is 1. The van der Waals surface area contributed by atoms with Crippen LogP contribution in [0.2, 0.25) is 0 Å². The van der Waals surface area contributed by atoms with Crippen LogP contribution in [0.25, 0.3) is 0 Å². The van der Waals surface area contributed by atoms with E-state index in [9.17, 15) is 40.6 Å². The number of ether oxygens (including phenoxy) is 3. The minimum atomic E-state index is -4.45. The van der Waals surface area contributed by atoms with Crippen molar-refractivity contribution in [3.05, 3.63) is 29.8 Å². The third-order valence-corrected chi connectivity index (χ3v) is 12.0. The summed E-state index contributed by atoms with van der Waals surface area (Å²) in [7, 11) is -12.9. The van der Waals surface area contributed by atoms with Gasteiger partial charge < -0.3 is 33.8 Å². The molecule has 3 rings (SSSR count). The SMILES string of the molecule is CCC(C)C(=O)N1CCOCC1.CCC(C)C(=O)OCCOP(=O)(O)O.CCC(C)C(=O)OCCOS(=O)(=O)O.CCC(C)N1CCCC1=O.CCC(C)c1ccc(S(=O)(=O)O)cc1. The molecule has 2 saturated heterocycles. The van der Waals surface area contributed by atoms with E-state index in [1.54, 1.807) is 26.0 Å². The monoisotopic (exact) mass is 978 g/mol. The Kier molecular flexibility index (Phi) is 32.9. The smallest absolute Gasteiger partial charge is 0.463 e. The molecule has 20 nitrogen and oxygen atoms in total. The highest BCUT2D eigenvalue weighted by molar-refractivity contribution is 7.85. The Morgan fingerprint density at radius 2 is 1.20 bits per heavy atom. The summed E-state index contributed by atoms with van der Waals surface area (Å²) in [5.74, 6) is -0.0252. The fraction of sp³-hybridized carbons (Fsp3) is 0.756. The lowest BCUT2D eigenvalue weighted by atomic mass is 9.99. The molecule has 64 heavy (non-hydrogen) atoms. The number of carbonyl (C=O) groups excluding carboxylic acids is 4. The van der Waals surface area contributed by atoms with Gasteiger partial charge in [0.25, 0.3) is 10.1 Å². The van der Waals surface area contributed by atoms with Gasteiger partial charge >= 0.3 is 30.2 Å². The summed E-state index contributed by atoms with van der Waals surface area (Å²) < 4.78 is 91.2. The largest absolute Gasteiger partial charge is 0.469 e. The van der Waals surface area contributed by atoms with Crippen molar-refractivity contribution >= 4 is 52.1 Å². The summed E-state index contributed by atoms with van der Waals surface area (Å²) in [6, 6.07) is 6.78. The molecular formula is C41H75N2O18PS2. The zero-order valence-electron chi connectivity index (χ0n) is 39.2. The molecule has 0 radical (unpaired) electrons. The number of phosphoric ester groups is 1. The summed E-state index contributed by atoms with van der Waals surface area (Å²) in [4.78, 5) is 65.1. The molecule has 0 saturated carbocycles. The van der Waals surface area contributed by atoms with Crippen LogP contribution in [-0.2, 0) is 67.2 Å². The third kappa shape index (κ3) is 30.2. The zero-order chi connectivity index (χ0) is 49.7. The Hall–Kier alpha value is -3.05. The molecule has 374 valence electrons. The number of likely N-dealkylation sites (tertiary alicyclic amines) is 1. The first kappa shape index (κ1) is 63.0. The maximum absolute atomic E-state index is 11.6. The van der Waals surface area contributed by atoms with Crippen LogP contribution in [0.3, 0.4) is 0 Å². The molecule has 0 spiro atoms. The van der Waals surface area contributed by atoms with Crippen molar-refractivity contribution in [2.45, 2.75) is 131 Å². The second kappa shape index (κ2) is 33.4. The molecule has 4 N–H and O–H groups in total. The Morgan fingerprint density at radius 3 is 1.58 bits per heavy atom.